The van der Waals surface area contributed by atoms with E-state index in [2.05, 4.69) is 14.9 Å². The van der Waals surface area contributed by atoms with Gasteiger partial charge in [0.05, 0.1) is 6.54 Å². The van der Waals surface area contributed by atoms with Gasteiger partial charge in [0.25, 0.3) is 5.91 Å². The van der Waals surface area contributed by atoms with E-state index in [1.54, 1.807) is 9.80 Å². The predicted octanol–water partition coefficient (Wildman–Crippen LogP) is -1.50. The van der Waals surface area contributed by atoms with Crippen LogP contribution in [-0.4, -0.2) is 83.6 Å². The third kappa shape index (κ3) is 3.05. The molecule has 110 valence electrons. The summed E-state index contributed by atoms with van der Waals surface area (Å²) in [6.45, 7) is 2.27. The summed E-state index contributed by atoms with van der Waals surface area (Å²) in [5.41, 5.74) is 5.52. The monoisotopic (exact) mass is 282 g/mol. The van der Waals surface area contributed by atoms with E-state index in [-0.39, 0.29) is 23.3 Å². The molecule has 1 aliphatic heterocycles. The van der Waals surface area contributed by atoms with Crippen LogP contribution in [0.2, 0.25) is 0 Å². The summed E-state index contributed by atoms with van der Waals surface area (Å²) in [5.74, 6) is -0.269. The molecule has 0 radical (unpaired) electrons. The van der Waals surface area contributed by atoms with E-state index in [0.29, 0.717) is 32.7 Å². The number of aromatic nitrogens is 2. The number of rotatable bonds is 3. The number of amides is 2. The van der Waals surface area contributed by atoms with E-state index in [1.807, 2.05) is 19.0 Å². The molecule has 0 bridgehead atoms. The lowest BCUT2D eigenvalue weighted by Gasteiger charge is -2.34. The van der Waals surface area contributed by atoms with Crippen molar-refractivity contribution in [2.75, 3.05) is 52.6 Å². The van der Waals surface area contributed by atoms with Crippen LogP contribution >= 0.6 is 0 Å². The lowest BCUT2D eigenvalue weighted by molar-refractivity contribution is -0.133. The first kappa shape index (κ1) is 14.3. The summed E-state index contributed by atoms with van der Waals surface area (Å²) in [5, 5.41) is 6.88. The Balaban J connectivity index is 1.90. The van der Waals surface area contributed by atoms with Gasteiger partial charge in [0.2, 0.25) is 17.4 Å². The molecule has 9 heteroatoms. The highest BCUT2D eigenvalue weighted by Gasteiger charge is 2.28. The maximum atomic E-state index is 12.1. The van der Waals surface area contributed by atoms with E-state index >= 15 is 0 Å². The van der Waals surface area contributed by atoms with Crippen molar-refractivity contribution in [1.82, 2.24) is 25.0 Å². The van der Waals surface area contributed by atoms with Gasteiger partial charge in [0.15, 0.2) is 0 Å². The summed E-state index contributed by atoms with van der Waals surface area (Å²) >= 11 is 0. The fourth-order valence-corrected chi connectivity index (χ4v) is 2.02. The lowest BCUT2D eigenvalue weighted by Crippen LogP contribution is -2.52. The molecule has 1 aromatic rings. The number of anilines is 1. The fourth-order valence-electron chi connectivity index (χ4n) is 2.02. The topological polar surface area (TPSA) is 109 Å². The standard InChI is InChI=1S/C11H18N6O3/c1-15(2)7-8(18)16-3-5-17(6-4-16)11(19)9-10(12)14-20-13-9/h3-7H2,1-2H3,(H2,12,14). The average molecular weight is 282 g/mol. The van der Waals surface area contributed by atoms with Crippen LogP contribution in [0, 0.1) is 0 Å². The summed E-state index contributed by atoms with van der Waals surface area (Å²) in [7, 11) is 3.69. The summed E-state index contributed by atoms with van der Waals surface area (Å²) < 4.78 is 4.42. The number of hydrogen-bond donors (Lipinski definition) is 1. The molecule has 9 nitrogen and oxygen atoms in total. The molecule has 1 saturated heterocycles. The zero-order chi connectivity index (χ0) is 14.7. The van der Waals surface area contributed by atoms with E-state index in [4.69, 9.17) is 5.73 Å². The fraction of sp³-hybridized carbons (Fsp3) is 0.636. The minimum atomic E-state index is -0.316. The molecule has 20 heavy (non-hydrogen) atoms. The molecule has 1 aromatic heterocycles. The quantitative estimate of drug-likeness (QED) is 0.718. The zero-order valence-electron chi connectivity index (χ0n) is 11.6. The Bertz CT molecular complexity index is 492. The maximum absolute atomic E-state index is 12.1. The van der Waals surface area contributed by atoms with Crippen LogP contribution in [0.15, 0.2) is 4.63 Å². The first-order chi connectivity index (χ1) is 9.49. The van der Waals surface area contributed by atoms with Crippen LogP contribution in [0.4, 0.5) is 5.82 Å². The van der Waals surface area contributed by atoms with Crippen molar-refractivity contribution in [3.8, 4) is 0 Å². The molecular formula is C11H18N6O3. The van der Waals surface area contributed by atoms with Crippen molar-refractivity contribution in [2.24, 2.45) is 0 Å². The largest absolute Gasteiger partial charge is 0.379 e. The van der Waals surface area contributed by atoms with Crippen LogP contribution in [0.5, 0.6) is 0 Å². The Morgan fingerprint density at radius 2 is 1.80 bits per heavy atom. The number of nitrogen functional groups attached to an aromatic ring is 1. The molecular weight excluding hydrogens is 264 g/mol. The third-order valence-electron chi connectivity index (χ3n) is 3.09. The molecule has 1 aliphatic rings. The van der Waals surface area contributed by atoms with Gasteiger partial charge in [-0.25, -0.2) is 4.63 Å². The van der Waals surface area contributed by atoms with Crippen molar-refractivity contribution >= 4 is 17.6 Å². The number of hydrogen-bond acceptors (Lipinski definition) is 7. The number of nitrogens with zero attached hydrogens (tertiary/aromatic N) is 5. The smallest absolute Gasteiger partial charge is 0.280 e. The van der Waals surface area contributed by atoms with Crippen molar-refractivity contribution in [3.05, 3.63) is 5.69 Å². The first-order valence-electron chi connectivity index (χ1n) is 6.29. The second-order valence-electron chi connectivity index (χ2n) is 4.91. The van der Waals surface area contributed by atoms with Crippen LogP contribution in [0.1, 0.15) is 10.5 Å². The molecule has 2 rings (SSSR count). The number of piperazine rings is 1. The molecule has 0 aliphatic carbocycles. The van der Waals surface area contributed by atoms with Gasteiger partial charge in [-0.3, -0.25) is 9.59 Å². The van der Waals surface area contributed by atoms with Gasteiger partial charge in [0, 0.05) is 26.2 Å². The van der Waals surface area contributed by atoms with Crippen molar-refractivity contribution in [1.29, 1.82) is 0 Å². The third-order valence-corrected chi connectivity index (χ3v) is 3.09. The van der Waals surface area contributed by atoms with Gasteiger partial charge >= 0.3 is 0 Å². The molecule has 2 heterocycles. The zero-order valence-corrected chi connectivity index (χ0v) is 11.6. The van der Waals surface area contributed by atoms with E-state index in [1.165, 1.54) is 0 Å². The summed E-state index contributed by atoms with van der Waals surface area (Å²) in [6, 6.07) is 0. The van der Waals surface area contributed by atoms with Gasteiger partial charge in [0.1, 0.15) is 0 Å². The Morgan fingerprint density at radius 3 is 2.30 bits per heavy atom. The highest BCUT2D eigenvalue weighted by molar-refractivity contribution is 5.96. The predicted molar refractivity (Wildman–Crippen MR) is 69.7 cm³/mol. The van der Waals surface area contributed by atoms with E-state index in [9.17, 15) is 9.59 Å². The lowest BCUT2D eigenvalue weighted by atomic mass is 10.2. The van der Waals surface area contributed by atoms with Crippen LogP contribution < -0.4 is 5.73 Å². The SMILES string of the molecule is CN(C)CC(=O)N1CCN(C(=O)c2nonc2N)CC1. The molecule has 0 saturated carbocycles. The number of carbonyl (C=O) groups is 2. The number of likely N-dealkylation sites (N-methyl/N-ethyl adjacent to an activating group) is 1. The van der Waals surface area contributed by atoms with E-state index in [0.717, 1.165) is 0 Å². The molecule has 1 fully saturated rings. The van der Waals surface area contributed by atoms with Gasteiger partial charge in [-0.15, -0.1) is 0 Å². The molecule has 0 aromatic carbocycles. The minimum absolute atomic E-state index is 0.0129. The molecule has 0 atom stereocenters. The highest BCUT2D eigenvalue weighted by atomic mass is 16.6. The molecule has 0 unspecified atom stereocenters. The second-order valence-corrected chi connectivity index (χ2v) is 4.91. The summed E-state index contributed by atoms with van der Waals surface area (Å²) in [6.07, 6.45) is 0. The van der Waals surface area contributed by atoms with Gasteiger partial charge < -0.3 is 20.4 Å². The Hall–Kier alpha value is -2.16. The Labute approximate surface area is 116 Å². The van der Waals surface area contributed by atoms with E-state index < -0.39 is 0 Å². The van der Waals surface area contributed by atoms with Gasteiger partial charge in [-0.2, -0.15) is 0 Å². The van der Waals surface area contributed by atoms with Crippen molar-refractivity contribution in [3.63, 3.8) is 0 Å². The minimum Gasteiger partial charge on any atom is -0.379 e. The molecule has 2 N–H and O–H groups in total. The van der Waals surface area contributed by atoms with Crippen LogP contribution in [0.3, 0.4) is 0 Å². The first-order valence-corrected chi connectivity index (χ1v) is 6.29. The average Bonchev–Trinajstić information content (AvgIpc) is 2.83. The van der Waals surface area contributed by atoms with Crippen LogP contribution in [0.25, 0.3) is 0 Å². The van der Waals surface area contributed by atoms with Gasteiger partial charge in [-0.1, -0.05) is 0 Å². The summed E-state index contributed by atoms with van der Waals surface area (Å²) in [4.78, 5) is 29.2. The second kappa shape index (κ2) is 5.87. The maximum Gasteiger partial charge on any atom is 0.280 e. The molecule has 0 spiro atoms. The highest BCUT2D eigenvalue weighted by Crippen LogP contribution is 2.11. The molecule has 2 amide bonds. The van der Waals surface area contributed by atoms with Crippen molar-refractivity contribution in [2.45, 2.75) is 0 Å². The van der Waals surface area contributed by atoms with Crippen LogP contribution in [-0.2, 0) is 4.79 Å². The van der Waals surface area contributed by atoms with Crippen molar-refractivity contribution < 1.29 is 14.2 Å². The number of nitrogens with two attached hydrogens (primary N) is 1. The number of carbonyl (C=O) groups excluding carboxylic acids is 2. The van der Waals surface area contributed by atoms with Gasteiger partial charge in [-0.05, 0) is 24.4 Å². The normalized spacial score (nSPS) is 15.8. The Kier molecular flexibility index (Phi) is 4.18. The Morgan fingerprint density at radius 1 is 1.20 bits per heavy atom.